The molecule has 0 spiro atoms. The van der Waals surface area contributed by atoms with Crippen LogP contribution in [0.1, 0.15) is 57.1 Å². The van der Waals surface area contributed by atoms with Crippen molar-refractivity contribution in [1.29, 1.82) is 5.26 Å². The molecule has 2 fully saturated rings. The van der Waals surface area contributed by atoms with Gasteiger partial charge in [0.05, 0.1) is 11.6 Å². The highest BCUT2D eigenvalue weighted by atomic mass is 15.0. The number of nitriles is 1. The van der Waals surface area contributed by atoms with Crippen LogP contribution in [0.2, 0.25) is 0 Å². The molecule has 4 atom stereocenters. The van der Waals surface area contributed by atoms with Crippen molar-refractivity contribution in [3.05, 3.63) is 163 Å². The second kappa shape index (κ2) is 14.3. The molecule has 4 heteroatoms. The summed E-state index contributed by atoms with van der Waals surface area (Å²) in [6, 6.07) is 55.4. The lowest BCUT2D eigenvalue weighted by atomic mass is 9.57. The number of rotatable bonds is 6. The summed E-state index contributed by atoms with van der Waals surface area (Å²) in [6.45, 7) is 4.98. The zero-order chi connectivity index (χ0) is 38.5. The maximum absolute atomic E-state index is 9.36. The number of benzene rings is 7. The molecule has 2 saturated carbocycles. The van der Waals surface area contributed by atoms with Crippen LogP contribution < -0.4 is 0 Å². The van der Waals surface area contributed by atoms with Crippen molar-refractivity contribution >= 4 is 21.5 Å². The first-order valence-electron chi connectivity index (χ1n) is 20.4. The van der Waals surface area contributed by atoms with Crippen molar-refractivity contribution in [2.45, 2.75) is 51.4 Å². The maximum Gasteiger partial charge on any atom is 0.165 e. The Balaban J connectivity index is 1.12. The largest absolute Gasteiger partial charge is 0.208 e. The monoisotopic (exact) mass is 736 g/mol. The summed E-state index contributed by atoms with van der Waals surface area (Å²) in [4.78, 5) is 15.6. The van der Waals surface area contributed by atoms with Crippen LogP contribution in [-0.2, 0) is 5.41 Å². The zero-order valence-corrected chi connectivity index (χ0v) is 32.5. The Labute approximate surface area is 334 Å². The Morgan fingerprint density at radius 1 is 0.491 bits per heavy atom. The molecule has 1 heterocycles. The van der Waals surface area contributed by atoms with E-state index in [9.17, 15) is 5.26 Å². The third kappa shape index (κ3) is 6.48. The molecule has 2 unspecified atom stereocenters. The van der Waals surface area contributed by atoms with Crippen LogP contribution in [0.25, 0.3) is 78.0 Å². The minimum absolute atomic E-state index is 0.231. The lowest BCUT2D eigenvalue weighted by molar-refractivity contribution is 0.0899. The van der Waals surface area contributed by atoms with Crippen LogP contribution >= 0.6 is 0 Å². The van der Waals surface area contributed by atoms with Crippen molar-refractivity contribution in [2.24, 2.45) is 17.8 Å². The molecular formula is C53H44N4. The Morgan fingerprint density at radius 3 is 1.61 bits per heavy atom. The molecule has 0 aliphatic heterocycles. The van der Waals surface area contributed by atoms with E-state index in [4.69, 9.17) is 15.0 Å². The topological polar surface area (TPSA) is 62.5 Å². The standard InChI is InChI=1S/C53H44N4/c1-34-27-36-29-37(28-34)32-53(2,31-36)43-25-23-39(24-26-43)48-44-15-6-8-17-46(44)49(47-18-9-7-16-45(47)48)52-56-50(40-11-4-3-5-12-40)55-51(57-52)42-14-10-13-41(30-42)38-21-19-35(33-54)20-22-38/h3-26,30,34,36-37H,27-29,31-32H2,1-2H3/t34?,36-,37+,53?. The predicted octanol–water partition coefficient (Wildman–Crippen LogP) is 13.5. The Kier molecular flexibility index (Phi) is 8.75. The third-order valence-corrected chi connectivity index (χ3v) is 12.8. The van der Waals surface area contributed by atoms with E-state index >= 15 is 0 Å². The normalized spacial score (nSPS) is 20.3. The zero-order valence-electron chi connectivity index (χ0n) is 32.5. The molecule has 2 aliphatic carbocycles. The summed E-state index contributed by atoms with van der Waals surface area (Å²) < 4.78 is 0. The highest BCUT2D eigenvalue weighted by molar-refractivity contribution is 6.20. The molecular weight excluding hydrogens is 693 g/mol. The summed E-state index contributed by atoms with van der Waals surface area (Å²) in [5.41, 5.74) is 9.70. The van der Waals surface area contributed by atoms with Crippen LogP contribution in [0, 0.1) is 29.1 Å². The van der Waals surface area contributed by atoms with Crippen LogP contribution in [0.4, 0.5) is 0 Å². The molecule has 0 radical (unpaired) electrons. The SMILES string of the molecule is CC1C[C@@H]2C[C@H](C1)CC(C)(c1ccc(-c3c4ccccc4c(-c4nc(-c5ccccc5)nc(-c5cccc(-c6ccc(C#N)cc6)c5)n4)c4ccccc34)cc1)C2. The average Bonchev–Trinajstić information content (AvgIpc) is 3.25. The molecule has 10 rings (SSSR count). The number of hydrogen-bond donors (Lipinski definition) is 0. The Morgan fingerprint density at radius 2 is 1.00 bits per heavy atom. The fourth-order valence-electron chi connectivity index (χ4n) is 10.5. The molecule has 4 nitrogen and oxygen atoms in total. The van der Waals surface area contributed by atoms with Crippen molar-refractivity contribution in [3.8, 4) is 62.5 Å². The van der Waals surface area contributed by atoms with Gasteiger partial charge in [0.15, 0.2) is 17.5 Å². The summed E-state index contributed by atoms with van der Waals surface area (Å²) >= 11 is 0. The molecule has 2 aliphatic rings. The van der Waals surface area contributed by atoms with Gasteiger partial charge in [-0.1, -0.05) is 147 Å². The smallest absolute Gasteiger partial charge is 0.165 e. The molecule has 0 N–H and O–H groups in total. The first kappa shape index (κ1) is 35.0. The van der Waals surface area contributed by atoms with E-state index in [-0.39, 0.29) is 5.41 Å². The Bertz CT molecular complexity index is 2740. The van der Waals surface area contributed by atoms with E-state index in [0.29, 0.717) is 23.0 Å². The van der Waals surface area contributed by atoms with E-state index in [1.165, 1.54) is 59.6 Å². The predicted molar refractivity (Wildman–Crippen MR) is 233 cm³/mol. The first-order chi connectivity index (χ1) is 27.9. The van der Waals surface area contributed by atoms with Gasteiger partial charge in [0.2, 0.25) is 0 Å². The number of hydrogen-bond acceptors (Lipinski definition) is 4. The minimum atomic E-state index is 0.231. The van der Waals surface area contributed by atoms with E-state index in [1.54, 1.807) is 0 Å². The highest BCUT2D eigenvalue weighted by Crippen LogP contribution is 2.52. The third-order valence-electron chi connectivity index (χ3n) is 12.8. The van der Waals surface area contributed by atoms with Crippen LogP contribution in [0.5, 0.6) is 0 Å². The highest BCUT2D eigenvalue weighted by Gasteiger charge is 2.41. The van der Waals surface area contributed by atoms with Crippen molar-refractivity contribution < 1.29 is 0 Å². The van der Waals surface area contributed by atoms with Crippen molar-refractivity contribution in [2.75, 3.05) is 0 Å². The van der Waals surface area contributed by atoms with Crippen LogP contribution in [0.3, 0.4) is 0 Å². The van der Waals surface area contributed by atoms with E-state index in [1.807, 2.05) is 48.5 Å². The molecule has 8 aromatic rings. The van der Waals surface area contributed by atoms with Gasteiger partial charge in [-0.15, -0.1) is 0 Å². The average molecular weight is 737 g/mol. The lowest BCUT2D eigenvalue weighted by Crippen LogP contribution is -2.38. The van der Waals surface area contributed by atoms with Gasteiger partial charge >= 0.3 is 0 Å². The number of fused-ring (bicyclic) bond motifs is 4. The van der Waals surface area contributed by atoms with Crippen LogP contribution in [0.15, 0.2) is 152 Å². The van der Waals surface area contributed by atoms with Gasteiger partial charge in [-0.2, -0.15) is 5.26 Å². The lowest BCUT2D eigenvalue weighted by Gasteiger charge is -2.47. The summed E-state index contributed by atoms with van der Waals surface area (Å²) in [6.07, 6.45) is 6.78. The molecule has 1 aromatic heterocycles. The quantitative estimate of drug-likeness (QED) is 0.159. The van der Waals surface area contributed by atoms with Crippen molar-refractivity contribution in [1.82, 2.24) is 15.0 Å². The van der Waals surface area contributed by atoms with Gasteiger partial charge in [-0.05, 0) is 123 Å². The molecule has 57 heavy (non-hydrogen) atoms. The van der Waals surface area contributed by atoms with Gasteiger partial charge in [-0.3, -0.25) is 0 Å². The maximum atomic E-state index is 9.36. The van der Waals surface area contributed by atoms with Gasteiger partial charge in [0, 0.05) is 16.7 Å². The molecule has 0 amide bonds. The number of aromatic nitrogens is 3. The molecule has 7 aromatic carbocycles. The minimum Gasteiger partial charge on any atom is -0.208 e. The second-order valence-corrected chi connectivity index (χ2v) is 16.9. The fourth-order valence-corrected chi connectivity index (χ4v) is 10.5. The van der Waals surface area contributed by atoms with Gasteiger partial charge in [0.25, 0.3) is 0 Å². The van der Waals surface area contributed by atoms with Crippen molar-refractivity contribution in [3.63, 3.8) is 0 Å². The molecule has 276 valence electrons. The summed E-state index contributed by atoms with van der Waals surface area (Å²) in [5, 5.41) is 13.9. The Hall–Kier alpha value is -6.44. The molecule has 0 saturated heterocycles. The fraction of sp³-hybridized carbons (Fsp3) is 0.208. The summed E-state index contributed by atoms with van der Waals surface area (Å²) in [7, 11) is 0. The first-order valence-corrected chi connectivity index (χ1v) is 20.4. The van der Waals surface area contributed by atoms with Crippen LogP contribution in [-0.4, -0.2) is 15.0 Å². The van der Waals surface area contributed by atoms with Gasteiger partial charge < -0.3 is 0 Å². The number of nitrogens with zero attached hydrogens (tertiary/aromatic N) is 4. The van der Waals surface area contributed by atoms with Gasteiger partial charge in [-0.25, -0.2) is 15.0 Å². The van der Waals surface area contributed by atoms with E-state index in [0.717, 1.165) is 56.3 Å². The molecule has 2 bridgehead atoms. The summed E-state index contributed by atoms with van der Waals surface area (Å²) in [5.74, 6) is 4.44. The van der Waals surface area contributed by atoms with E-state index in [2.05, 4.69) is 123 Å². The van der Waals surface area contributed by atoms with Gasteiger partial charge in [0.1, 0.15) is 0 Å². The van der Waals surface area contributed by atoms with E-state index < -0.39 is 0 Å². The second-order valence-electron chi connectivity index (χ2n) is 16.9.